The van der Waals surface area contributed by atoms with E-state index in [1.54, 1.807) is 12.1 Å². The predicted octanol–water partition coefficient (Wildman–Crippen LogP) is 2.72. The molecule has 2 amide bonds. The van der Waals surface area contributed by atoms with Crippen molar-refractivity contribution in [3.8, 4) is 17.2 Å². The lowest BCUT2D eigenvalue weighted by Crippen LogP contribution is -2.46. The van der Waals surface area contributed by atoms with E-state index in [-0.39, 0.29) is 24.1 Å². The van der Waals surface area contributed by atoms with Crippen molar-refractivity contribution < 1.29 is 23.8 Å². The van der Waals surface area contributed by atoms with Gasteiger partial charge in [0.05, 0.1) is 19.2 Å². The first-order chi connectivity index (χ1) is 15.0. The SMILES string of the molecule is COc1ccc(Cl)cc1C(=O)NNC(=O)CN1CCC[C@H]1c1ccc2c(c1)OCCO2. The summed E-state index contributed by atoms with van der Waals surface area (Å²) in [4.78, 5) is 27.0. The minimum absolute atomic E-state index is 0.102. The van der Waals surface area contributed by atoms with Gasteiger partial charge in [-0.3, -0.25) is 25.3 Å². The number of fused-ring (bicyclic) bond motifs is 1. The lowest BCUT2D eigenvalue weighted by Gasteiger charge is -2.26. The van der Waals surface area contributed by atoms with Crippen molar-refractivity contribution in [2.45, 2.75) is 18.9 Å². The van der Waals surface area contributed by atoms with Crippen LogP contribution in [0.25, 0.3) is 0 Å². The maximum atomic E-state index is 12.5. The molecule has 9 heteroatoms. The van der Waals surface area contributed by atoms with Crippen LogP contribution in [0.5, 0.6) is 17.2 Å². The van der Waals surface area contributed by atoms with E-state index in [1.165, 1.54) is 13.2 Å². The van der Waals surface area contributed by atoms with Crippen molar-refractivity contribution >= 4 is 23.4 Å². The highest BCUT2D eigenvalue weighted by Gasteiger charge is 2.29. The van der Waals surface area contributed by atoms with Crippen LogP contribution < -0.4 is 25.1 Å². The Bertz CT molecular complexity index is 984. The lowest BCUT2D eigenvalue weighted by molar-refractivity contribution is -0.123. The number of nitrogens with one attached hydrogen (secondary N) is 2. The molecule has 8 nitrogen and oxygen atoms in total. The van der Waals surface area contributed by atoms with Crippen LogP contribution in [-0.4, -0.2) is 50.1 Å². The highest BCUT2D eigenvalue weighted by molar-refractivity contribution is 6.31. The molecule has 0 bridgehead atoms. The summed E-state index contributed by atoms with van der Waals surface area (Å²) in [5.74, 6) is 1.05. The molecular weight excluding hydrogens is 422 g/mol. The van der Waals surface area contributed by atoms with E-state index in [1.807, 2.05) is 18.2 Å². The van der Waals surface area contributed by atoms with Gasteiger partial charge in [-0.05, 0) is 55.3 Å². The van der Waals surface area contributed by atoms with Crippen LogP contribution in [0.2, 0.25) is 5.02 Å². The second kappa shape index (κ2) is 9.45. The van der Waals surface area contributed by atoms with Crippen molar-refractivity contribution in [2.75, 3.05) is 33.4 Å². The van der Waals surface area contributed by atoms with Gasteiger partial charge < -0.3 is 14.2 Å². The number of hydrogen-bond donors (Lipinski definition) is 2. The van der Waals surface area contributed by atoms with Gasteiger partial charge >= 0.3 is 0 Å². The van der Waals surface area contributed by atoms with Crippen LogP contribution in [0.1, 0.15) is 34.8 Å². The van der Waals surface area contributed by atoms with Gasteiger partial charge in [0.1, 0.15) is 19.0 Å². The number of ether oxygens (including phenoxy) is 3. The number of hydrazine groups is 1. The zero-order valence-corrected chi connectivity index (χ0v) is 17.9. The van der Waals surface area contributed by atoms with Gasteiger partial charge in [0.2, 0.25) is 0 Å². The maximum absolute atomic E-state index is 12.5. The third kappa shape index (κ3) is 4.86. The van der Waals surface area contributed by atoms with E-state index >= 15 is 0 Å². The highest BCUT2D eigenvalue weighted by atomic mass is 35.5. The minimum Gasteiger partial charge on any atom is -0.496 e. The number of halogens is 1. The molecular formula is C22H24ClN3O5. The van der Waals surface area contributed by atoms with Crippen molar-refractivity contribution in [2.24, 2.45) is 0 Å². The van der Waals surface area contributed by atoms with Crippen LogP contribution in [-0.2, 0) is 4.79 Å². The normalized spacial score (nSPS) is 17.8. The number of carbonyl (C=O) groups excluding carboxylic acids is 2. The molecule has 2 aliphatic heterocycles. The van der Waals surface area contributed by atoms with Crippen molar-refractivity contribution in [3.63, 3.8) is 0 Å². The van der Waals surface area contributed by atoms with Crippen molar-refractivity contribution in [3.05, 3.63) is 52.5 Å². The topological polar surface area (TPSA) is 89.1 Å². The van der Waals surface area contributed by atoms with Crippen LogP contribution in [0.15, 0.2) is 36.4 Å². The molecule has 31 heavy (non-hydrogen) atoms. The molecule has 0 spiro atoms. The van der Waals surface area contributed by atoms with Gasteiger partial charge in [-0.1, -0.05) is 17.7 Å². The minimum atomic E-state index is -0.502. The Morgan fingerprint density at radius 3 is 2.74 bits per heavy atom. The molecule has 4 rings (SSSR count). The molecule has 1 fully saturated rings. The van der Waals surface area contributed by atoms with Gasteiger partial charge in [-0.25, -0.2) is 0 Å². The average molecular weight is 446 g/mol. The molecule has 2 heterocycles. The lowest BCUT2D eigenvalue weighted by atomic mass is 10.0. The molecule has 0 aromatic heterocycles. The third-order valence-corrected chi connectivity index (χ3v) is 5.62. The summed E-state index contributed by atoms with van der Waals surface area (Å²) in [5.41, 5.74) is 6.23. The number of methoxy groups -OCH3 is 1. The summed E-state index contributed by atoms with van der Waals surface area (Å²) in [6.07, 6.45) is 1.93. The van der Waals surface area contributed by atoms with E-state index in [0.29, 0.717) is 24.0 Å². The van der Waals surface area contributed by atoms with Crippen LogP contribution >= 0.6 is 11.6 Å². The van der Waals surface area contributed by atoms with E-state index < -0.39 is 5.91 Å². The Morgan fingerprint density at radius 1 is 1.13 bits per heavy atom. The van der Waals surface area contributed by atoms with E-state index in [4.69, 9.17) is 25.8 Å². The summed E-state index contributed by atoms with van der Waals surface area (Å²) in [6, 6.07) is 10.7. The zero-order chi connectivity index (χ0) is 21.8. The summed E-state index contributed by atoms with van der Waals surface area (Å²) in [6.45, 7) is 2.04. The van der Waals surface area contributed by atoms with Gasteiger partial charge in [0, 0.05) is 11.1 Å². The first-order valence-electron chi connectivity index (χ1n) is 10.1. The molecule has 2 aromatic carbocycles. The quantitative estimate of drug-likeness (QED) is 0.688. The fraction of sp³-hybridized carbons (Fsp3) is 0.364. The molecule has 0 aliphatic carbocycles. The Morgan fingerprint density at radius 2 is 1.94 bits per heavy atom. The zero-order valence-electron chi connectivity index (χ0n) is 17.2. The van der Waals surface area contributed by atoms with E-state index in [0.717, 1.165) is 36.4 Å². The Labute approximate surface area is 185 Å². The average Bonchev–Trinajstić information content (AvgIpc) is 3.25. The second-order valence-corrected chi connectivity index (χ2v) is 7.81. The standard InChI is InChI=1S/C22H24ClN3O5/c1-29-18-7-5-15(23)12-16(18)22(28)25-24-21(27)13-26-8-2-3-17(26)14-4-6-19-20(11-14)31-10-9-30-19/h4-7,11-12,17H,2-3,8-10,13H2,1H3,(H,24,27)(H,25,28)/t17-/m0/s1. The van der Waals surface area contributed by atoms with Crippen LogP contribution in [0.4, 0.5) is 0 Å². The number of carbonyl (C=O) groups is 2. The number of hydrogen-bond acceptors (Lipinski definition) is 6. The van der Waals surface area contributed by atoms with Crippen LogP contribution in [0.3, 0.4) is 0 Å². The van der Waals surface area contributed by atoms with Crippen LogP contribution in [0, 0.1) is 0 Å². The Hall–Kier alpha value is -2.97. The van der Waals surface area contributed by atoms with E-state index in [2.05, 4.69) is 15.8 Å². The summed E-state index contributed by atoms with van der Waals surface area (Å²) in [7, 11) is 1.46. The Kier molecular flexibility index (Phi) is 6.48. The molecule has 0 radical (unpaired) electrons. The maximum Gasteiger partial charge on any atom is 0.273 e. The van der Waals surface area contributed by atoms with E-state index in [9.17, 15) is 9.59 Å². The summed E-state index contributed by atoms with van der Waals surface area (Å²) >= 11 is 5.97. The first-order valence-corrected chi connectivity index (χ1v) is 10.5. The molecule has 1 atom stereocenters. The highest BCUT2D eigenvalue weighted by Crippen LogP contribution is 2.37. The number of amides is 2. The van der Waals surface area contributed by atoms with Crippen molar-refractivity contribution in [1.82, 2.24) is 15.8 Å². The Balaban J connectivity index is 1.36. The number of rotatable bonds is 5. The van der Waals surface area contributed by atoms with Gasteiger partial charge in [-0.2, -0.15) is 0 Å². The number of nitrogens with zero attached hydrogens (tertiary/aromatic N) is 1. The largest absolute Gasteiger partial charge is 0.496 e. The number of benzene rings is 2. The molecule has 2 N–H and O–H groups in total. The third-order valence-electron chi connectivity index (χ3n) is 5.38. The summed E-state index contributed by atoms with van der Waals surface area (Å²) in [5, 5.41) is 0.400. The molecule has 0 unspecified atom stereocenters. The monoisotopic (exact) mass is 445 g/mol. The van der Waals surface area contributed by atoms with Gasteiger partial charge in [0.25, 0.3) is 11.8 Å². The number of likely N-dealkylation sites (tertiary alicyclic amines) is 1. The molecule has 2 aromatic rings. The fourth-order valence-electron chi connectivity index (χ4n) is 3.94. The first kappa shape index (κ1) is 21.3. The molecule has 0 saturated carbocycles. The predicted molar refractivity (Wildman–Crippen MR) is 115 cm³/mol. The fourth-order valence-corrected chi connectivity index (χ4v) is 4.11. The molecule has 1 saturated heterocycles. The van der Waals surface area contributed by atoms with Gasteiger partial charge in [0.15, 0.2) is 11.5 Å². The smallest absolute Gasteiger partial charge is 0.273 e. The molecule has 164 valence electrons. The molecule has 2 aliphatic rings. The second-order valence-electron chi connectivity index (χ2n) is 7.38. The van der Waals surface area contributed by atoms with Gasteiger partial charge in [-0.15, -0.1) is 0 Å². The summed E-state index contributed by atoms with van der Waals surface area (Å²) < 4.78 is 16.5. The van der Waals surface area contributed by atoms with Crippen molar-refractivity contribution in [1.29, 1.82) is 0 Å².